The number of fused-ring (bicyclic) bond motifs is 5. The van der Waals surface area contributed by atoms with Crippen molar-refractivity contribution < 1.29 is 62.2 Å². The zero-order valence-electron chi connectivity index (χ0n) is 47.5. The number of Topliss-reactive ketones (excluding diaryl/α,β-unsaturated/α-hetero) is 3. The van der Waals surface area contributed by atoms with E-state index in [1.54, 1.807) is 50.2 Å². The normalized spacial score (nSPS) is 17.2. The van der Waals surface area contributed by atoms with Crippen LogP contribution < -0.4 is 32.6 Å². The Bertz CT molecular complexity index is 3340. The molecule has 2 aromatic heterocycles. The average Bonchev–Trinajstić information content (AvgIpc) is 1.59. The molecule has 3 aliphatic heterocycles. The minimum atomic E-state index is -2.04. The van der Waals surface area contributed by atoms with Crippen molar-refractivity contribution in [2.75, 3.05) is 26.2 Å². The number of cyclic esters (lactones) is 1. The van der Waals surface area contributed by atoms with E-state index in [4.69, 9.17) is 15.5 Å². The smallest absolute Gasteiger partial charge is 0.343 e. The number of unbranched alkanes of at least 4 members (excludes halogenated alkanes) is 3. The Balaban J connectivity index is 0.794. The second-order valence-corrected chi connectivity index (χ2v) is 22.2. The molecule has 7 N–H and O–H groups in total. The molecule has 84 heavy (non-hydrogen) atoms. The van der Waals surface area contributed by atoms with Crippen molar-refractivity contribution in [3.8, 4) is 11.4 Å². The average molecular weight is 1160 g/mol. The number of aryl methyl sites for hydroxylation is 1. The van der Waals surface area contributed by atoms with Crippen LogP contribution in [-0.2, 0) is 84.3 Å². The molecule has 0 spiro atoms. The van der Waals surface area contributed by atoms with Crippen LogP contribution in [0.15, 0.2) is 59.4 Å². The fourth-order valence-electron chi connectivity index (χ4n) is 11.6. The number of ether oxygens (including phenoxy) is 1. The monoisotopic (exact) mass is 1160 g/mol. The Labute approximate surface area is 485 Å². The minimum absolute atomic E-state index is 0.0195. The number of rotatable bonds is 31. The van der Waals surface area contributed by atoms with E-state index >= 15 is 4.39 Å². The van der Waals surface area contributed by atoms with Crippen LogP contribution in [0.4, 0.5) is 4.39 Å². The maximum absolute atomic E-state index is 15.4. The van der Waals surface area contributed by atoms with E-state index in [2.05, 4.69) is 21.3 Å². The van der Waals surface area contributed by atoms with Crippen LogP contribution in [-0.4, -0.2) is 111 Å². The zero-order chi connectivity index (χ0) is 60.2. The summed E-state index contributed by atoms with van der Waals surface area (Å²) in [6, 6.07) is 10.3. The van der Waals surface area contributed by atoms with Gasteiger partial charge in [-0.1, -0.05) is 50.1 Å². The number of carbonyl (C=O) groups is 10. The highest BCUT2D eigenvalue weighted by atomic mass is 19.1. The van der Waals surface area contributed by atoms with E-state index in [0.717, 1.165) is 16.0 Å². The Kier molecular flexibility index (Phi) is 20.6. The molecule has 4 aromatic rings. The lowest BCUT2D eigenvalue weighted by Gasteiger charge is -2.31. The number of hydrogen-bond donors (Lipinski definition) is 6. The summed E-state index contributed by atoms with van der Waals surface area (Å²) in [5.74, 6) is -5.48. The second kappa shape index (κ2) is 28.0. The van der Waals surface area contributed by atoms with Crippen LogP contribution in [0, 0.1) is 18.7 Å². The Morgan fingerprint density at radius 3 is 2.32 bits per heavy atom. The number of benzene rings is 2. The summed E-state index contributed by atoms with van der Waals surface area (Å²) < 4.78 is 22.2. The molecule has 22 heteroatoms. The van der Waals surface area contributed by atoms with E-state index in [0.29, 0.717) is 96.9 Å². The van der Waals surface area contributed by atoms with Crippen LogP contribution in [0.2, 0.25) is 0 Å². The largest absolute Gasteiger partial charge is 0.458 e. The molecule has 446 valence electrons. The van der Waals surface area contributed by atoms with Gasteiger partial charge in [-0.15, -0.1) is 0 Å². The van der Waals surface area contributed by atoms with Gasteiger partial charge in [-0.05, 0) is 99.6 Å². The summed E-state index contributed by atoms with van der Waals surface area (Å²) in [4.78, 5) is 149. The lowest BCUT2D eigenvalue weighted by Crippen LogP contribution is -2.44. The van der Waals surface area contributed by atoms with Crippen LogP contribution in [0.25, 0.3) is 22.3 Å². The zero-order valence-corrected chi connectivity index (χ0v) is 47.5. The number of amides is 6. The van der Waals surface area contributed by atoms with Crippen molar-refractivity contribution in [3.05, 3.63) is 110 Å². The van der Waals surface area contributed by atoms with Gasteiger partial charge in [-0.3, -0.25) is 52.8 Å². The maximum atomic E-state index is 15.4. The predicted molar refractivity (Wildman–Crippen MR) is 305 cm³/mol. The first-order valence-corrected chi connectivity index (χ1v) is 29.1. The van der Waals surface area contributed by atoms with Crippen LogP contribution in [0.3, 0.4) is 0 Å². The third kappa shape index (κ3) is 14.4. The third-order valence-corrected chi connectivity index (χ3v) is 16.4. The van der Waals surface area contributed by atoms with Crippen molar-refractivity contribution in [2.24, 2.45) is 11.7 Å². The molecule has 0 fully saturated rings. The summed E-state index contributed by atoms with van der Waals surface area (Å²) in [7, 11) is 0. The SMILES string of the molecule is CC[C@@]1(O)C(=O)OCc2c1cc1n(c2=O)Cc2c-1nc1cc(F)c(C)c3c1c2[C@@H](NC(=O)CCCNC(=O)CCC(=O)[C@H](Cc1ccccc1)NC(=O)CCC(=O)CNC(=O)[C@H](CCCCN)CC(=O)CCCCCN1C(=O)C=CC1=O)CC3. The topological polar surface area (TPSA) is 312 Å². The molecule has 21 nitrogen and oxygen atoms in total. The third-order valence-electron chi connectivity index (χ3n) is 16.4. The highest BCUT2D eigenvalue weighted by Crippen LogP contribution is 2.46. The van der Waals surface area contributed by atoms with Crippen molar-refractivity contribution in [2.45, 2.75) is 160 Å². The Morgan fingerprint density at radius 1 is 0.833 bits per heavy atom. The summed E-state index contributed by atoms with van der Waals surface area (Å²) in [5.41, 5.74) is 7.88. The van der Waals surface area contributed by atoms with Crippen LogP contribution in [0.1, 0.15) is 155 Å². The highest BCUT2D eigenvalue weighted by molar-refractivity contribution is 6.12. The van der Waals surface area contributed by atoms with Gasteiger partial charge in [0.2, 0.25) is 23.6 Å². The molecule has 0 bridgehead atoms. The number of carbonyl (C=O) groups excluding carboxylic acids is 10. The van der Waals surface area contributed by atoms with E-state index in [9.17, 15) is 57.8 Å². The molecule has 0 radical (unpaired) electrons. The molecule has 1 aliphatic carbocycles. The summed E-state index contributed by atoms with van der Waals surface area (Å²) in [6.45, 7) is 3.50. The number of aromatic nitrogens is 2. The fraction of sp³-hybridized carbons (Fsp3) is 0.484. The van der Waals surface area contributed by atoms with Gasteiger partial charge in [0.05, 0.1) is 47.6 Å². The van der Waals surface area contributed by atoms with Gasteiger partial charge in [0.1, 0.15) is 18.2 Å². The van der Waals surface area contributed by atoms with Crippen molar-refractivity contribution in [1.29, 1.82) is 0 Å². The Hall–Kier alpha value is -8.11. The van der Waals surface area contributed by atoms with E-state index in [1.165, 1.54) is 22.8 Å². The molecule has 0 unspecified atom stereocenters. The number of nitrogens with zero attached hydrogens (tertiary/aromatic N) is 3. The van der Waals surface area contributed by atoms with Gasteiger partial charge in [-0.25, -0.2) is 14.2 Å². The second-order valence-electron chi connectivity index (χ2n) is 22.2. The predicted octanol–water partition coefficient (Wildman–Crippen LogP) is 4.26. The molecule has 0 saturated heterocycles. The molecular formula is C62H73FN8O13. The van der Waals surface area contributed by atoms with Crippen molar-refractivity contribution in [1.82, 2.24) is 35.7 Å². The number of halogens is 1. The van der Waals surface area contributed by atoms with Crippen LogP contribution >= 0.6 is 0 Å². The molecule has 4 aliphatic rings. The molecular weight excluding hydrogens is 1080 g/mol. The number of imide groups is 1. The van der Waals surface area contributed by atoms with Gasteiger partial charge < -0.3 is 41.4 Å². The van der Waals surface area contributed by atoms with Gasteiger partial charge in [0.25, 0.3) is 17.4 Å². The number of nitrogens with two attached hydrogens (primary N) is 1. The van der Waals surface area contributed by atoms with E-state index in [1.807, 2.05) is 0 Å². The quantitative estimate of drug-likeness (QED) is 0.0205. The molecule has 6 amide bonds. The molecule has 2 aromatic carbocycles. The molecule has 0 saturated carbocycles. The van der Waals surface area contributed by atoms with Gasteiger partial charge in [-0.2, -0.15) is 0 Å². The standard InChI is InChI=1S/C62H73FN8O13/c1-3-62(83)44-31-49-58-42(34-71(49)60(81)43(44)35-84-61(62)82)57-46(20-19-41-36(2)45(63)32-48(69-58)56(41)57)67-52(76)17-12-27-65-51(75)23-21-50(74)47(29-37-13-6-4-7-14-37)68-53(77)22-18-40(73)33-66-59(80)38(15-9-10-26-64)30-39(72)16-8-5-11-28-70-54(78)24-25-55(70)79/h4,6-7,13-14,24-25,31-32,38,46-47,83H,3,5,8-12,15-23,26-30,33-35,64H2,1-2H3,(H,65,75)(H,66,80)(H,67,76)(H,68,77)/t38-,46+,47+,62+/m1/s1. The first kappa shape index (κ1) is 61.9. The first-order valence-electron chi connectivity index (χ1n) is 29.1. The number of pyridine rings is 2. The molecule has 8 rings (SSSR count). The number of esters is 1. The number of nitrogens with one attached hydrogen (secondary N) is 4. The number of hydrogen-bond acceptors (Lipinski definition) is 15. The fourth-order valence-corrected chi connectivity index (χ4v) is 11.6. The first-order chi connectivity index (χ1) is 40.3. The number of ketones is 3. The maximum Gasteiger partial charge on any atom is 0.343 e. The summed E-state index contributed by atoms with van der Waals surface area (Å²) >= 11 is 0. The number of aliphatic hydroxyl groups is 1. The van der Waals surface area contributed by atoms with E-state index < -0.39 is 70.2 Å². The van der Waals surface area contributed by atoms with Crippen LogP contribution in [0.5, 0.6) is 0 Å². The van der Waals surface area contributed by atoms with Crippen molar-refractivity contribution in [3.63, 3.8) is 0 Å². The Morgan fingerprint density at radius 2 is 1.58 bits per heavy atom. The molecule has 4 atom stereocenters. The summed E-state index contributed by atoms with van der Waals surface area (Å²) in [5, 5.41) is 23.3. The van der Waals surface area contributed by atoms with E-state index in [-0.39, 0.29) is 132 Å². The summed E-state index contributed by atoms with van der Waals surface area (Å²) in [6.07, 6.45) is 6.23. The minimum Gasteiger partial charge on any atom is -0.458 e. The molecule has 5 heterocycles. The van der Waals surface area contributed by atoms with Gasteiger partial charge >= 0.3 is 5.97 Å². The lowest BCUT2D eigenvalue weighted by molar-refractivity contribution is -0.172. The van der Waals surface area contributed by atoms with Gasteiger partial charge in [0, 0.05) is 98.7 Å². The lowest BCUT2D eigenvalue weighted by atomic mass is 9.81. The highest BCUT2D eigenvalue weighted by Gasteiger charge is 2.46. The van der Waals surface area contributed by atoms with Crippen molar-refractivity contribution >= 4 is 69.7 Å². The van der Waals surface area contributed by atoms with Gasteiger partial charge in [0.15, 0.2) is 17.2 Å².